The molecule has 2 atom stereocenters. The van der Waals surface area contributed by atoms with Gasteiger partial charge >= 0.3 is 6.09 Å². The lowest BCUT2D eigenvalue weighted by Gasteiger charge is -2.31. The van der Waals surface area contributed by atoms with Crippen LogP contribution in [0.2, 0.25) is 0 Å². The number of ether oxygens (including phenoxy) is 2. The number of hydrogen-bond donors (Lipinski definition) is 2. The lowest BCUT2D eigenvalue weighted by Crippen LogP contribution is -2.43. The molecule has 20 heavy (non-hydrogen) atoms. The summed E-state index contributed by atoms with van der Waals surface area (Å²) in [5, 5.41) is 12.1. The smallest absolute Gasteiger partial charge is 0.407 e. The van der Waals surface area contributed by atoms with Crippen molar-refractivity contribution in [3.8, 4) is 0 Å². The number of carbonyl (C=O) groups is 1. The number of carbonyl (C=O) groups excluding carboxylic acids is 1. The van der Waals surface area contributed by atoms with Gasteiger partial charge in [-0.25, -0.2) is 4.79 Å². The summed E-state index contributed by atoms with van der Waals surface area (Å²) in [6, 6.07) is -0.258. The van der Waals surface area contributed by atoms with Crippen molar-refractivity contribution in [1.29, 1.82) is 0 Å². The topological polar surface area (TPSA) is 67.8 Å². The van der Waals surface area contributed by atoms with Gasteiger partial charge in [0, 0.05) is 0 Å². The summed E-state index contributed by atoms with van der Waals surface area (Å²) in [6.45, 7) is 6.15. The molecule has 5 nitrogen and oxygen atoms in total. The van der Waals surface area contributed by atoms with E-state index in [0.717, 1.165) is 25.9 Å². The monoisotopic (exact) mass is 285 g/mol. The van der Waals surface area contributed by atoms with E-state index in [-0.39, 0.29) is 18.2 Å². The molecule has 1 heterocycles. The molecule has 1 spiro atoms. The van der Waals surface area contributed by atoms with Crippen LogP contribution in [0.3, 0.4) is 0 Å². The molecule has 0 aromatic carbocycles. The third-order valence-electron chi connectivity index (χ3n) is 4.00. The van der Waals surface area contributed by atoms with E-state index in [1.54, 1.807) is 0 Å². The fourth-order valence-corrected chi connectivity index (χ4v) is 2.69. The molecule has 1 saturated heterocycles. The molecule has 2 fully saturated rings. The summed E-state index contributed by atoms with van der Waals surface area (Å²) in [4.78, 5) is 11.7. The Morgan fingerprint density at radius 3 is 2.60 bits per heavy atom. The van der Waals surface area contributed by atoms with Crippen molar-refractivity contribution in [3.63, 3.8) is 0 Å². The van der Waals surface area contributed by atoms with E-state index in [2.05, 4.69) is 5.32 Å². The summed E-state index contributed by atoms with van der Waals surface area (Å²) in [7, 11) is 0. The molecular weight excluding hydrogens is 258 g/mol. The number of amides is 1. The van der Waals surface area contributed by atoms with Crippen LogP contribution in [0, 0.1) is 5.92 Å². The Bertz CT molecular complexity index is 336. The molecule has 1 saturated carbocycles. The molecule has 1 amide bonds. The first-order valence-corrected chi connectivity index (χ1v) is 7.56. The van der Waals surface area contributed by atoms with Crippen molar-refractivity contribution < 1.29 is 19.4 Å². The second kappa shape index (κ2) is 5.90. The van der Waals surface area contributed by atoms with Crippen LogP contribution in [-0.4, -0.2) is 41.7 Å². The molecule has 2 unspecified atom stereocenters. The standard InChI is InChI=1S/C15H27NO4/c1-14(2,3)20-13(18)16-12(9-17)8-11-4-5-15(6-7-15)19-10-11/h11-12,17H,4-10H2,1-3H3,(H,16,18). The van der Waals surface area contributed by atoms with Crippen molar-refractivity contribution in [2.24, 2.45) is 5.92 Å². The van der Waals surface area contributed by atoms with E-state index in [0.29, 0.717) is 5.92 Å². The molecule has 1 aliphatic heterocycles. The molecule has 0 aromatic rings. The maximum absolute atomic E-state index is 11.7. The van der Waals surface area contributed by atoms with Gasteiger partial charge < -0.3 is 19.9 Å². The van der Waals surface area contributed by atoms with Crippen LogP contribution >= 0.6 is 0 Å². The molecule has 0 radical (unpaired) electrons. The number of aliphatic hydroxyl groups excluding tert-OH is 1. The van der Waals surface area contributed by atoms with E-state index >= 15 is 0 Å². The predicted octanol–water partition coefficient (Wildman–Crippen LogP) is 2.22. The lowest BCUT2D eigenvalue weighted by atomic mass is 9.91. The zero-order chi connectivity index (χ0) is 14.8. The van der Waals surface area contributed by atoms with Gasteiger partial charge in [-0.05, 0) is 58.8 Å². The van der Waals surface area contributed by atoms with Gasteiger partial charge in [-0.15, -0.1) is 0 Å². The Kier molecular flexibility index (Phi) is 4.59. The highest BCUT2D eigenvalue weighted by molar-refractivity contribution is 5.68. The maximum atomic E-state index is 11.7. The molecule has 2 rings (SSSR count). The fourth-order valence-electron chi connectivity index (χ4n) is 2.69. The predicted molar refractivity (Wildman–Crippen MR) is 75.5 cm³/mol. The minimum absolute atomic E-state index is 0.0686. The zero-order valence-electron chi connectivity index (χ0n) is 12.8. The molecule has 0 bridgehead atoms. The normalized spacial score (nSPS) is 26.1. The van der Waals surface area contributed by atoms with Gasteiger partial charge in [0.1, 0.15) is 5.60 Å². The molecule has 116 valence electrons. The first-order valence-electron chi connectivity index (χ1n) is 7.56. The number of hydrogen-bond acceptors (Lipinski definition) is 4. The molecule has 0 aromatic heterocycles. The largest absolute Gasteiger partial charge is 0.444 e. The fraction of sp³-hybridized carbons (Fsp3) is 0.933. The Hall–Kier alpha value is -0.810. The van der Waals surface area contributed by atoms with Gasteiger partial charge in [-0.1, -0.05) is 0 Å². The summed E-state index contributed by atoms with van der Waals surface area (Å²) in [5.74, 6) is 0.410. The van der Waals surface area contributed by atoms with Crippen LogP contribution < -0.4 is 5.32 Å². The van der Waals surface area contributed by atoms with E-state index in [1.165, 1.54) is 12.8 Å². The average molecular weight is 285 g/mol. The third kappa shape index (κ3) is 4.63. The summed E-state index contributed by atoms with van der Waals surface area (Å²) in [5.41, 5.74) is -0.319. The van der Waals surface area contributed by atoms with Crippen molar-refractivity contribution in [2.45, 2.75) is 70.1 Å². The van der Waals surface area contributed by atoms with E-state index in [9.17, 15) is 9.90 Å². The van der Waals surface area contributed by atoms with Crippen LogP contribution in [0.5, 0.6) is 0 Å². The summed E-state index contributed by atoms with van der Waals surface area (Å²) in [6.07, 6.45) is 4.89. The van der Waals surface area contributed by atoms with Gasteiger partial charge in [-0.3, -0.25) is 0 Å². The zero-order valence-corrected chi connectivity index (χ0v) is 12.8. The van der Waals surface area contributed by atoms with E-state index in [4.69, 9.17) is 9.47 Å². The Balaban J connectivity index is 1.73. The second-order valence-electron chi connectivity index (χ2n) is 7.16. The van der Waals surface area contributed by atoms with Crippen LogP contribution in [-0.2, 0) is 9.47 Å². The van der Waals surface area contributed by atoms with Gasteiger partial charge in [0.2, 0.25) is 0 Å². The lowest BCUT2D eigenvalue weighted by molar-refractivity contribution is -0.0396. The van der Waals surface area contributed by atoms with Gasteiger partial charge in [-0.2, -0.15) is 0 Å². The second-order valence-corrected chi connectivity index (χ2v) is 7.16. The quantitative estimate of drug-likeness (QED) is 0.831. The van der Waals surface area contributed by atoms with Crippen LogP contribution in [0.25, 0.3) is 0 Å². The first kappa shape index (κ1) is 15.6. The minimum Gasteiger partial charge on any atom is -0.444 e. The number of aliphatic hydroxyl groups is 1. The van der Waals surface area contributed by atoms with Crippen molar-refractivity contribution in [3.05, 3.63) is 0 Å². The Morgan fingerprint density at radius 2 is 2.15 bits per heavy atom. The van der Waals surface area contributed by atoms with Crippen LogP contribution in [0.4, 0.5) is 4.79 Å². The minimum atomic E-state index is -0.517. The van der Waals surface area contributed by atoms with Crippen LogP contribution in [0.1, 0.15) is 52.9 Å². The van der Waals surface area contributed by atoms with Crippen LogP contribution in [0.15, 0.2) is 0 Å². The highest BCUT2D eigenvalue weighted by Crippen LogP contribution is 2.47. The van der Waals surface area contributed by atoms with Gasteiger partial charge in [0.15, 0.2) is 0 Å². The summed E-state index contributed by atoms with van der Waals surface area (Å²) < 4.78 is 11.1. The highest BCUT2D eigenvalue weighted by atomic mass is 16.6. The number of rotatable bonds is 4. The average Bonchev–Trinajstić information content (AvgIpc) is 3.09. The van der Waals surface area contributed by atoms with Gasteiger partial charge in [0.25, 0.3) is 0 Å². The van der Waals surface area contributed by atoms with E-state index < -0.39 is 11.7 Å². The molecule has 2 N–H and O–H groups in total. The first-order chi connectivity index (χ1) is 9.32. The Labute approximate surface area is 121 Å². The molecular formula is C15H27NO4. The highest BCUT2D eigenvalue weighted by Gasteiger charge is 2.46. The van der Waals surface area contributed by atoms with Gasteiger partial charge in [0.05, 0.1) is 24.9 Å². The molecule has 1 aliphatic carbocycles. The molecule has 5 heteroatoms. The third-order valence-corrected chi connectivity index (χ3v) is 4.00. The van der Waals surface area contributed by atoms with Crippen molar-refractivity contribution >= 4 is 6.09 Å². The molecule has 2 aliphatic rings. The number of alkyl carbamates (subject to hydrolysis) is 1. The summed E-state index contributed by atoms with van der Waals surface area (Å²) >= 11 is 0. The number of nitrogens with one attached hydrogen (secondary N) is 1. The van der Waals surface area contributed by atoms with Crippen molar-refractivity contribution in [2.75, 3.05) is 13.2 Å². The maximum Gasteiger partial charge on any atom is 0.407 e. The van der Waals surface area contributed by atoms with E-state index in [1.807, 2.05) is 20.8 Å². The Morgan fingerprint density at radius 1 is 1.45 bits per heavy atom. The SMILES string of the molecule is CC(C)(C)OC(=O)NC(CO)CC1CCC2(CC2)OC1. The van der Waals surface area contributed by atoms with Crippen molar-refractivity contribution in [1.82, 2.24) is 5.32 Å².